The van der Waals surface area contributed by atoms with Crippen LogP contribution >= 0.6 is 15.9 Å². The molecule has 0 N–H and O–H groups in total. The van der Waals surface area contributed by atoms with Crippen LogP contribution in [0.2, 0.25) is 0 Å². The monoisotopic (exact) mass is 337 g/mol. The highest BCUT2D eigenvalue weighted by molar-refractivity contribution is 9.09. The molecule has 1 unspecified atom stereocenters. The van der Waals surface area contributed by atoms with E-state index >= 15 is 0 Å². The van der Waals surface area contributed by atoms with Crippen LogP contribution < -0.4 is 0 Å². The molecule has 0 spiro atoms. The Morgan fingerprint density at radius 2 is 2.30 bits per heavy atom. The number of para-hydroxylation sites is 1. The van der Waals surface area contributed by atoms with E-state index in [9.17, 15) is 4.79 Å². The lowest BCUT2D eigenvalue weighted by atomic mass is 10.2. The van der Waals surface area contributed by atoms with E-state index in [2.05, 4.69) is 21.0 Å². The van der Waals surface area contributed by atoms with Crippen LogP contribution in [0.25, 0.3) is 10.9 Å². The van der Waals surface area contributed by atoms with Gasteiger partial charge >= 0.3 is 0 Å². The van der Waals surface area contributed by atoms with E-state index in [-0.39, 0.29) is 12.0 Å². The van der Waals surface area contributed by atoms with Gasteiger partial charge in [0.1, 0.15) is 0 Å². The number of alkyl halides is 1. The third kappa shape index (κ3) is 2.33. The molecule has 1 aromatic carbocycles. The molecule has 0 bridgehead atoms. The molecule has 0 saturated carbocycles. The van der Waals surface area contributed by atoms with E-state index in [1.807, 2.05) is 36.2 Å². The molecule has 3 rings (SSSR count). The number of rotatable bonds is 2. The Bertz CT molecular complexity index is 640. The molecular weight excluding hydrogens is 322 g/mol. The third-order valence-corrected chi connectivity index (χ3v) is 4.28. The van der Waals surface area contributed by atoms with Crippen LogP contribution in [0.5, 0.6) is 0 Å². The van der Waals surface area contributed by atoms with Crippen LogP contribution in [0.15, 0.2) is 24.3 Å². The van der Waals surface area contributed by atoms with Crippen molar-refractivity contribution < 1.29 is 9.53 Å². The fourth-order valence-electron chi connectivity index (χ4n) is 2.52. The van der Waals surface area contributed by atoms with E-state index in [0.29, 0.717) is 25.4 Å². The zero-order chi connectivity index (χ0) is 14.1. The molecule has 1 aromatic heterocycles. The zero-order valence-corrected chi connectivity index (χ0v) is 12.8. The number of aromatic nitrogens is 2. The van der Waals surface area contributed by atoms with E-state index in [4.69, 9.17) is 4.74 Å². The fourth-order valence-corrected chi connectivity index (χ4v) is 2.91. The first-order chi connectivity index (χ1) is 9.70. The Hall–Kier alpha value is -1.40. The number of morpholine rings is 1. The molecule has 106 valence electrons. The van der Waals surface area contributed by atoms with Crippen LogP contribution in [0, 0.1) is 0 Å². The smallest absolute Gasteiger partial charge is 0.275 e. The predicted molar refractivity (Wildman–Crippen MR) is 80.2 cm³/mol. The van der Waals surface area contributed by atoms with E-state index in [1.54, 1.807) is 4.68 Å². The second kappa shape index (κ2) is 5.54. The van der Waals surface area contributed by atoms with Crippen molar-refractivity contribution in [3.63, 3.8) is 0 Å². The number of amides is 1. The first kappa shape index (κ1) is 13.6. The SMILES string of the molecule is Cn1nc(C(=O)N2CCOC(CBr)C2)c2ccccc21. The highest BCUT2D eigenvalue weighted by Gasteiger charge is 2.27. The summed E-state index contributed by atoms with van der Waals surface area (Å²) < 4.78 is 7.32. The molecule has 1 atom stereocenters. The summed E-state index contributed by atoms with van der Waals surface area (Å²) in [5.41, 5.74) is 1.50. The number of aryl methyl sites for hydroxylation is 1. The summed E-state index contributed by atoms with van der Waals surface area (Å²) in [6, 6.07) is 7.80. The van der Waals surface area contributed by atoms with Crippen molar-refractivity contribution in [3.05, 3.63) is 30.0 Å². The van der Waals surface area contributed by atoms with Gasteiger partial charge in [-0.1, -0.05) is 34.1 Å². The van der Waals surface area contributed by atoms with Gasteiger partial charge in [0.2, 0.25) is 0 Å². The van der Waals surface area contributed by atoms with Gasteiger partial charge in [-0.2, -0.15) is 5.10 Å². The quantitative estimate of drug-likeness (QED) is 0.785. The molecule has 1 saturated heterocycles. The molecule has 2 heterocycles. The Balaban J connectivity index is 1.92. The van der Waals surface area contributed by atoms with Crippen LogP contribution in [-0.4, -0.2) is 51.7 Å². The number of halogens is 1. The molecule has 1 aliphatic heterocycles. The van der Waals surface area contributed by atoms with E-state index in [1.165, 1.54) is 0 Å². The molecule has 0 aliphatic carbocycles. The van der Waals surface area contributed by atoms with Gasteiger partial charge in [-0.3, -0.25) is 9.48 Å². The van der Waals surface area contributed by atoms with Crippen molar-refractivity contribution in [2.45, 2.75) is 6.10 Å². The van der Waals surface area contributed by atoms with Crippen LogP contribution in [0.1, 0.15) is 10.5 Å². The van der Waals surface area contributed by atoms with Crippen LogP contribution in [-0.2, 0) is 11.8 Å². The highest BCUT2D eigenvalue weighted by atomic mass is 79.9. The summed E-state index contributed by atoms with van der Waals surface area (Å²) in [7, 11) is 1.86. The summed E-state index contributed by atoms with van der Waals surface area (Å²) in [5.74, 6) is -0.0175. The molecule has 6 heteroatoms. The first-order valence-electron chi connectivity index (χ1n) is 6.59. The zero-order valence-electron chi connectivity index (χ0n) is 11.3. The van der Waals surface area contributed by atoms with Gasteiger partial charge in [-0.05, 0) is 6.07 Å². The minimum absolute atomic E-state index is 0.0175. The molecule has 1 amide bonds. The topological polar surface area (TPSA) is 47.4 Å². The summed E-state index contributed by atoms with van der Waals surface area (Å²) in [4.78, 5) is 14.5. The van der Waals surface area contributed by atoms with Crippen molar-refractivity contribution in [2.75, 3.05) is 25.0 Å². The minimum Gasteiger partial charge on any atom is -0.374 e. The molecule has 0 radical (unpaired) electrons. The van der Waals surface area contributed by atoms with Crippen molar-refractivity contribution in [1.82, 2.24) is 14.7 Å². The number of carbonyl (C=O) groups is 1. The lowest BCUT2D eigenvalue weighted by Gasteiger charge is -2.31. The van der Waals surface area contributed by atoms with Gasteiger partial charge in [0.25, 0.3) is 5.91 Å². The second-order valence-electron chi connectivity index (χ2n) is 4.89. The Morgan fingerprint density at radius 3 is 3.10 bits per heavy atom. The molecular formula is C14H16BrN3O2. The molecule has 2 aromatic rings. The number of benzene rings is 1. The summed E-state index contributed by atoms with van der Waals surface area (Å²) in [6.07, 6.45) is 0.0580. The lowest BCUT2D eigenvalue weighted by Crippen LogP contribution is -2.46. The van der Waals surface area contributed by atoms with Gasteiger partial charge in [0.15, 0.2) is 5.69 Å². The molecule has 20 heavy (non-hydrogen) atoms. The Labute approximate surface area is 125 Å². The summed E-state index contributed by atoms with van der Waals surface area (Å²) >= 11 is 3.40. The maximum Gasteiger partial charge on any atom is 0.275 e. The molecule has 1 fully saturated rings. The Kier molecular flexibility index (Phi) is 3.76. The van der Waals surface area contributed by atoms with Crippen molar-refractivity contribution in [1.29, 1.82) is 0 Å². The van der Waals surface area contributed by atoms with E-state index in [0.717, 1.165) is 16.2 Å². The fraction of sp³-hybridized carbons (Fsp3) is 0.429. The van der Waals surface area contributed by atoms with Crippen molar-refractivity contribution >= 4 is 32.7 Å². The lowest BCUT2D eigenvalue weighted by molar-refractivity contribution is -0.00982. The van der Waals surface area contributed by atoms with Gasteiger partial charge in [-0.15, -0.1) is 0 Å². The summed E-state index contributed by atoms with van der Waals surface area (Å²) in [6.45, 7) is 1.80. The summed E-state index contributed by atoms with van der Waals surface area (Å²) in [5, 5.41) is 6.03. The Morgan fingerprint density at radius 1 is 1.50 bits per heavy atom. The molecule has 1 aliphatic rings. The average Bonchev–Trinajstić information content (AvgIpc) is 2.84. The average molecular weight is 338 g/mol. The largest absolute Gasteiger partial charge is 0.374 e. The first-order valence-corrected chi connectivity index (χ1v) is 7.71. The maximum atomic E-state index is 12.7. The number of fused-ring (bicyclic) bond motifs is 1. The standard InChI is InChI=1S/C14H16BrN3O2/c1-17-12-5-3-2-4-11(12)13(16-17)14(19)18-6-7-20-10(8-15)9-18/h2-5,10H,6-9H2,1H3. The predicted octanol–water partition coefficient (Wildman–Crippen LogP) is 1.81. The number of carbonyl (C=O) groups excluding carboxylic acids is 1. The number of hydrogen-bond acceptors (Lipinski definition) is 3. The number of nitrogens with zero attached hydrogens (tertiary/aromatic N) is 3. The van der Waals surface area contributed by atoms with Crippen LogP contribution in [0.3, 0.4) is 0 Å². The van der Waals surface area contributed by atoms with Gasteiger partial charge in [0.05, 0.1) is 18.2 Å². The van der Waals surface area contributed by atoms with Gasteiger partial charge in [0, 0.05) is 30.9 Å². The van der Waals surface area contributed by atoms with Crippen molar-refractivity contribution in [3.8, 4) is 0 Å². The van der Waals surface area contributed by atoms with Crippen molar-refractivity contribution in [2.24, 2.45) is 7.05 Å². The number of hydrogen-bond donors (Lipinski definition) is 0. The minimum atomic E-state index is -0.0175. The van der Waals surface area contributed by atoms with Gasteiger partial charge in [-0.25, -0.2) is 0 Å². The molecule has 5 nitrogen and oxygen atoms in total. The second-order valence-corrected chi connectivity index (χ2v) is 5.54. The van der Waals surface area contributed by atoms with Gasteiger partial charge < -0.3 is 9.64 Å². The normalized spacial score (nSPS) is 19.5. The number of ether oxygens (including phenoxy) is 1. The maximum absolute atomic E-state index is 12.7. The van der Waals surface area contributed by atoms with E-state index < -0.39 is 0 Å². The third-order valence-electron chi connectivity index (χ3n) is 3.56. The highest BCUT2D eigenvalue weighted by Crippen LogP contribution is 2.20. The van der Waals surface area contributed by atoms with Crippen LogP contribution in [0.4, 0.5) is 0 Å².